The SMILES string of the molecule is O=C(O)C(O)CCCCN1C(=O)/C(=C\c2ccc(-c3cccc(Cl)c3Cl)o2)SC1=S. The van der Waals surface area contributed by atoms with E-state index in [1.54, 1.807) is 36.4 Å². The lowest BCUT2D eigenvalue weighted by atomic mass is 10.1. The Kier molecular flexibility index (Phi) is 7.60. The fraction of sp³-hybridized carbons (Fsp3) is 0.250. The Morgan fingerprint density at radius 1 is 1.27 bits per heavy atom. The monoisotopic (exact) mass is 485 g/mol. The van der Waals surface area contributed by atoms with E-state index in [4.69, 9.17) is 44.9 Å². The molecule has 10 heteroatoms. The van der Waals surface area contributed by atoms with E-state index in [0.717, 1.165) is 0 Å². The Balaban J connectivity index is 1.65. The van der Waals surface area contributed by atoms with Crippen molar-refractivity contribution in [1.29, 1.82) is 0 Å². The lowest BCUT2D eigenvalue weighted by Gasteiger charge is -2.14. The quantitative estimate of drug-likeness (QED) is 0.306. The Morgan fingerprint density at radius 3 is 2.77 bits per heavy atom. The van der Waals surface area contributed by atoms with E-state index in [9.17, 15) is 14.7 Å². The maximum absolute atomic E-state index is 12.7. The maximum atomic E-state index is 12.7. The van der Waals surface area contributed by atoms with Crippen LogP contribution in [0.4, 0.5) is 0 Å². The van der Waals surface area contributed by atoms with Crippen molar-refractivity contribution in [2.45, 2.75) is 25.4 Å². The fourth-order valence-electron chi connectivity index (χ4n) is 2.82. The van der Waals surface area contributed by atoms with Crippen molar-refractivity contribution in [1.82, 2.24) is 4.90 Å². The molecule has 1 saturated heterocycles. The van der Waals surface area contributed by atoms with E-state index in [0.29, 0.717) is 55.7 Å². The molecule has 1 unspecified atom stereocenters. The number of carbonyl (C=O) groups excluding carboxylic acids is 1. The van der Waals surface area contributed by atoms with Crippen molar-refractivity contribution in [3.63, 3.8) is 0 Å². The minimum Gasteiger partial charge on any atom is -0.479 e. The standard InChI is InChI=1S/C20H17Cl2NO5S2/c21-13-5-3-4-12(17(13)22)15-8-7-11(28-15)10-16-18(25)23(20(29)30-16)9-2-1-6-14(24)19(26)27/h3-5,7-8,10,14,24H,1-2,6,9H2,(H,26,27)/b16-10+. The number of nitrogens with zero attached hydrogens (tertiary/aromatic N) is 1. The summed E-state index contributed by atoms with van der Waals surface area (Å²) in [5.41, 5.74) is 0.653. The molecule has 1 fully saturated rings. The van der Waals surface area contributed by atoms with Crippen LogP contribution in [0.15, 0.2) is 39.7 Å². The Hall–Kier alpha value is -1.84. The third-order valence-corrected chi connectivity index (χ3v) is 6.58. The van der Waals surface area contributed by atoms with Crippen molar-refractivity contribution in [3.8, 4) is 11.3 Å². The highest BCUT2D eigenvalue weighted by Crippen LogP contribution is 2.36. The third-order valence-electron chi connectivity index (χ3n) is 4.39. The number of carboxylic acids is 1. The summed E-state index contributed by atoms with van der Waals surface area (Å²) >= 11 is 18.7. The number of aliphatic hydroxyl groups is 1. The topological polar surface area (TPSA) is 91.0 Å². The van der Waals surface area contributed by atoms with Crippen molar-refractivity contribution in [3.05, 3.63) is 51.0 Å². The third kappa shape index (κ3) is 5.25. The number of hydrogen-bond acceptors (Lipinski definition) is 6. The Morgan fingerprint density at radius 2 is 2.03 bits per heavy atom. The van der Waals surface area contributed by atoms with E-state index < -0.39 is 12.1 Å². The first kappa shape index (κ1) is 22.8. The predicted octanol–water partition coefficient (Wildman–Crippen LogP) is 5.07. The second kappa shape index (κ2) is 9.98. The van der Waals surface area contributed by atoms with Gasteiger partial charge in [0.25, 0.3) is 5.91 Å². The fourth-order valence-corrected chi connectivity index (χ4v) is 4.50. The molecule has 6 nitrogen and oxygen atoms in total. The van der Waals surface area contributed by atoms with Crippen LogP contribution in [-0.4, -0.2) is 44.0 Å². The predicted molar refractivity (Wildman–Crippen MR) is 122 cm³/mol. The minimum atomic E-state index is -1.39. The summed E-state index contributed by atoms with van der Waals surface area (Å²) in [6.45, 7) is 0.357. The molecular weight excluding hydrogens is 469 g/mol. The highest BCUT2D eigenvalue weighted by atomic mass is 35.5. The van der Waals surface area contributed by atoms with Crippen LogP contribution in [0.2, 0.25) is 10.0 Å². The highest BCUT2D eigenvalue weighted by molar-refractivity contribution is 8.26. The lowest BCUT2D eigenvalue weighted by molar-refractivity contribution is -0.147. The Bertz CT molecular complexity index is 1020. The van der Waals surface area contributed by atoms with Gasteiger partial charge < -0.3 is 14.6 Å². The van der Waals surface area contributed by atoms with Crippen molar-refractivity contribution in [2.24, 2.45) is 0 Å². The zero-order chi connectivity index (χ0) is 21.8. The van der Waals surface area contributed by atoms with Gasteiger partial charge in [0.2, 0.25) is 0 Å². The number of aliphatic hydroxyl groups excluding tert-OH is 1. The smallest absolute Gasteiger partial charge is 0.332 e. The molecule has 1 aromatic carbocycles. The molecule has 2 aromatic rings. The summed E-state index contributed by atoms with van der Waals surface area (Å²) in [6.07, 6.45) is 1.35. The van der Waals surface area contributed by atoms with E-state index in [1.165, 1.54) is 16.7 Å². The molecule has 1 aromatic heterocycles. The molecule has 0 bridgehead atoms. The first-order valence-corrected chi connectivity index (χ1v) is 11.0. The van der Waals surface area contributed by atoms with Gasteiger partial charge in [-0.3, -0.25) is 9.69 Å². The first-order valence-electron chi connectivity index (χ1n) is 8.98. The molecule has 1 amide bonds. The van der Waals surface area contributed by atoms with E-state index in [2.05, 4.69) is 0 Å². The van der Waals surface area contributed by atoms with Gasteiger partial charge in [0.15, 0.2) is 6.10 Å². The van der Waals surface area contributed by atoms with Crippen LogP contribution < -0.4 is 0 Å². The summed E-state index contributed by atoms with van der Waals surface area (Å²) in [5.74, 6) is -0.477. The van der Waals surface area contributed by atoms with Crippen molar-refractivity contribution in [2.75, 3.05) is 6.54 Å². The maximum Gasteiger partial charge on any atom is 0.332 e. The number of thioether (sulfide) groups is 1. The van der Waals surface area contributed by atoms with Gasteiger partial charge in [0.05, 0.1) is 15.0 Å². The van der Waals surface area contributed by atoms with Crippen LogP contribution in [-0.2, 0) is 9.59 Å². The van der Waals surface area contributed by atoms with Crippen LogP contribution in [0.3, 0.4) is 0 Å². The molecule has 1 aliphatic heterocycles. The number of amides is 1. The molecule has 0 saturated carbocycles. The average molecular weight is 486 g/mol. The summed E-state index contributed by atoms with van der Waals surface area (Å²) in [4.78, 5) is 25.2. The van der Waals surface area contributed by atoms with Gasteiger partial charge in [-0.05, 0) is 43.5 Å². The van der Waals surface area contributed by atoms with E-state index >= 15 is 0 Å². The zero-order valence-corrected chi connectivity index (χ0v) is 18.7. The van der Waals surface area contributed by atoms with Gasteiger partial charge in [-0.15, -0.1) is 0 Å². The number of unbranched alkanes of at least 4 members (excludes halogenated alkanes) is 1. The van der Waals surface area contributed by atoms with Gasteiger partial charge >= 0.3 is 5.97 Å². The minimum absolute atomic E-state index is 0.126. The van der Waals surface area contributed by atoms with Gasteiger partial charge in [-0.1, -0.05) is 53.2 Å². The molecule has 0 aliphatic carbocycles. The van der Waals surface area contributed by atoms with Crippen LogP contribution in [0.5, 0.6) is 0 Å². The number of aliphatic carboxylic acids is 1. The number of rotatable bonds is 8. The molecule has 0 spiro atoms. The van der Waals surface area contributed by atoms with E-state index in [-0.39, 0.29) is 12.3 Å². The van der Waals surface area contributed by atoms with Crippen molar-refractivity contribution < 1.29 is 24.2 Å². The highest BCUT2D eigenvalue weighted by Gasteiger charge is 2.32. The zero-order valence-electron chi connectivity index (χ0n) is 15.5. The molecule has 2 N–H and O–H groups in total. The average Bonchev–Trinajstić information content (AvgIpc) is 3.26. The molecule has 2 heterocycles. The second-order valence-corrected chi connectivity index (χ2v) is 8.95. The molecule has 158 valence electrons. The number of furan rings is 1. The van der Waals surface area contributed by atoms with Crippen molar-refractivity contribution >= 4 is 69.5 Å². The normalized spacial score (nSPS) is 16.5. The molecule has 3 rings (SSSR count). The molecule has 1 atom stereocenters. The number of halogens is 2. The second-order valence-electron chi connectivity index (χ2n) is 6.49. The number of thiocarbonyl (C=S) groups is 1. The molecule has 30 heavy (non-hydrogen) atoms. The van der Waals surface area contributed by atoms with Gasteiger partial charge in [-0.25, -0.2) is 4.79 Å². The summed E-state index contributed by atoms with van der Waals surface area (Å²) in [5, 5.41) is 18.8. The van der Waals surface area contributed by atoms with Gasteiger partial charge in [-0.2, -0.15) is 0 Å². The van der Waals surface area contributed by atoms with E-state index in [1.807, 2.05) is 0 Å². The number of carboxylic acid groups (broad SMARTS) is 1. The summed E-state index contributed by atoms with van der Waals surface area (Å²) in [7, 11) is 0. The molecule has 1 aliphatic rings. The van der Waals surface area contributed by atoms with Crippen LogP contribution in [0, 0.1) is 0 Å². The lowest BCUT2D eigenvalue weighted by Crippen LogP contribution is -2.29. The van der Waals surface area contributed by atoms with Crippen LogP contribution in [0.25, 0.3) is 17.4 Å². The van der Waals surface area contributed by atoms with Crippen LogP contribution in [0.1, 0.15) is 25.0 Å². The first-order chi connectivity index (χ1) is 14.3. The largest absolute Gasteiger partial charge is 0.479 e. The summed E-state index contributed by atoms with van der Waals surface area (Å²) in [6, 6.07) is 8.72. The number of benzene rings is 1. The summed E-state index contributed by atoms with van der Waals surface area (Å²) < 4.78 is 6.23. The van der Waals surface area contributed by atoms with Gasteiger partial charge in [0.1, 0.15) is 15.8 Å². The number of hydrogen-bond donors (Lipinski definition) is 2. The van der Waals surface area contributed by atoms with Gasteiger partial charge in [0, 0.05) is 18.2 Å². The van der Waals surface area contributed by atoms with Crippen LogP contribution >= 0.6 is 47.2 Å². The Labute approximate surface area is 192 Å². The molecular formula is C20H17Cl2NO5S2. The number of carbonyl (C=O) groups is 2. The molecule has 0 radical (unpaired) electrons.